The second-order valence-electron chi connectivity index (χ2n) is 7.96. The molecule has 0 radical (unpaired) electrons. The number of amides is 1. The molecule has 2 heterocycles. The molecule has 1 amide bonds. The average molecular weight is 447 g/mol. The molecular weight excluding hydrogens is 419 g/mol. The third-order valence-corrected chi connectivity index (χ3v) is 5.61. The first-order valence-corrected chi connectivity index (χ1v) is 11.0. The molecule has 0 saturated carbocycles. The fourth-order valence-corrected chi connectivity index (χ4v) is 3.80. The topological polar surface area (TPSA) is 89.3 Å². The monoisotopic (exact) mass is 446 g/mol. The Labute approximate surface area is 192 Å². The van der Waals surface area contributed by atoms with Crippen molar-refractivity contribution in [2.24, 2.45) is 5.73 Å². The summed E-state index contributed by atoms with van der Waals surface area (Å²) in [4.78, 5) is 16.5. The number of fused-ring (bicyclic) bond motifs is 1. The highest BCUT2D eigenvalue weighted by molar-refractivity contribution is 6.05. The molecule has 1 aliphatic heterocycles. The van der Waals surface area contributed by atoms with Gasteiger partial charge in [-0.15, -0.1) is 0 Å². The van der Waals surface area contributed by atoms with Crippen LogP contribution in [-0.2, 0) is 11.4 Å². The predicted octanol–water partition coefficient (Wildman–Crippen LogP) is 4.40. The quantitative estimate of drug-likeness (QED) is 0.501. The Morgan fingerprint density at radius 2 is 2.00 bits per heavy atom. The molecule has 1 aliphatic rings. The third kappa shape index (κ3) is 4.82. The van der Waals surface area contributed by atoms with E-state index in [1.165, 1.54) is 12.3 Å². The maximum Gasteiger partial charge on any atom is 0.251 e. The normalized spacial score (nSPS) is 12.7. The van der Waals surface area contributed by atoms with Crippen LogP contribution in [0.4, 0.5) is 10.1 Å². The van der Waals surface area contributed by atoms with Crippen LogP contribution in [0.1, 0.15) is 30.2 Å². The summed E-state index contributed by atoms with van der Waals surface area (Å²) < 4.78 is 19.0. The summed E-state index contributed by atoms with van der Waals surface area (Å²) in [7, 11) is 0. The number of hydrogen-bond acceptors (Lipinski definition) is 5. The largest absolute Gasteiger partial charge is 0.487 e. The zero-order valence-electron chi connectivity index (χ0n) is 18.7. The zero-order valence-corrected chi connectivity index (χ0v) is 18.7. The van der Waals surface area contributed by atoms with Crippen molar-refractivity contribution in [1.29, 1.82) is 0 Å². The summed E-state index contributed by atoms with van der Waals surface area (Å²) in [6, 6.07) is 14.7. The number of anilines is 1. The SMILES string of the molecule is CCCNC(=O)C1=C(N)c2cccc(-c3cc(OCc4ccc(F)cn4)ccc3C)c2NC1. The van der Waals surface area contributed by atoms with E-state index >= 15 is 0 Å². The van der Waals surface area contributed by atoms with E-state index in [1.807, 2.05) is 50.2 Å². The van der Waals surface area contributed by atoms with Crippen molar-refractivity contribution < 1.29 is 13.9 Å². The standard InChI is InChI=1S/C26H27FN4O2/c1-3-11-29-26(32)23-14-31-25-20(5-4-6-21(25)24(23)28)22-12-19(10-7-16(22)2)33-15-18-9-8-17(27)13-30-18/h4-10,12-13,31H,3,11,14-15,28H2,1-2H3,(H,29,32). The highest BCUT2D eigenvalue weighted by Crippen LogP contribution is 2.39. The van der Waals surface area contributed by atoms with Crippen LogP contribution in [0.25, 0.3) is 16.8 Å². The minimum absolute atomic E-state index is 0.140. The number of hydrogen-bond donors (Lipinski definition) is 3. The summed E-state index contributed by atoms with van der Waals surface area (Å²) >= 11 is 0. The van der Waals surface area contributed by atoms with Crippen LogP contribution < -0.4 is 21.1 Å². The lowest BCUT2D eigenvalue weighted by atomic mass is 9.92. The van der Waals surface area contributed by atoms with Gasteiger partial charge in [0.1, 0.15) is 18.2 Å². The summed E-state index contributed by atoms with van der Waals surface area (Å²) in [6.45, 7) is 5.25. The van der Waals surface area contributed by atoms with Crippen molar-refractivity contribution in [3.05, 3.63) is 82.9 Å². The number of halogens is 1. The second kappa shape index (κ2) is 9.73. The minimum atomic E-state index is -0.378. The molecule has 0 unspecified atom stereocenters. The molecule has 0 atom stereocenters. The van der Waals surface area contributed by atoms with E-state index in [2.05, 4.69) is 15.6 Å². The number of rotatable bonds is 7. The van der Waals surface area contributed by atoms with E-state index in [0.29, 0.717) is 35.8 Å². The van der Waals surface area contributed by atoms with Crippen LogP contribution in [-0.4, -0.2) is 24.0 Å². The highest BCUT2D eigenvalue weighted by atomic mass is 19.1. The number of carbonyl (C=O) groups excluding carboxylic acids is 1. The lowest BCUT2D eigenvalue weighted by Gasteiger charge is -2.25. The fraction of sp³-hybridized carbons (Fsp3) is 0.231. The van der Waals surface area contributed by atoms with Crippen LogP contribution in [0.2, 0.25) is 0 Å². The number of aromatic nitrogens is 1. The van der Waals surface area contributed by atoms with Gasteiger partial charge in [-0.25, -0.2) is 4.39 Å². The summed E-state index contributed by atoms with van der Waals surface area (Å²) in [5, 5.41) is 6.29. The maximum absolute atomic E-state index is 13.1. The Bertz CT molecular complexity index is 1210. The van der Waals surface area contributed by atoms with Gasteiger partial charge in [0.05, 0.1) is 28.8 Å². The lowest BCUT2D eigenvalue weighted by molar-refractivity contribution is -0.117. The highest BCUT2D eigenvalue weighted by Gasteiger charge is 2.24. The van der Waals surface area contributed by atoms with Crippen LogP contribution in [0.3, 0.4) is 0 Å². The number of para-hydroxylation sites is 1. The molecule has 2 aromatic carbocycles. The number of benzene rings is 2. The van der Waals surface area contributed by atoms with Crippen molar-refractivity contribution in [3.8, 4) is 16.9 Å². The van der Waals surface area contributed by atoms with Crippen molar-refractivity contribution in [3.63, 3.8) is 0 Å². The number of nitrogens with two attached hydrogens (primary N) is 1. The molecular formula is C26H27FN4O2. The van der Waals surface area contributed by atoms with E-state index in [1.54, 1.807) is 6.07 Å². The number of carbonyl (C=O) groups is 1. The second-order valence-corrected chi connectivity index (χ2v) is 7.96. The van der Waals surface area contributed by atoms with Crippen molar-refractivity contribution >= 4 is 17.3 Å². The van der Waals surface area contributed by atoms with Gasteiger partial charge in [-0.05, 0) is 48.7 Å². The Kier molecular flexibility index (Phi) is 6.58. The first-order valence-electron chi connectivity index (χ1n) is 11.0. The van der Waals surface area contributed by atoms with Crippen LogP contribution in [0.15, 0.2) is 60.3 Å². The lowest BCUT2D eigenvalue weighted by Crippen LogP contribution is -2.32. The molecule has 0 saturated heterocycles. The molecule has 3 aromatic rings. The number of nitrogens with zero attached hydrogens (tertiary/aromatic N) is 1. The molecule has 4 rings (SSSR count). The van der Waals surface area contributed by atoms with E-state index in [4.69, 9.17) is 10.5 Å². The van der Waals surface area contributed by atoms with Gasteiger partial charge in [0.25, 0.3) is 5.91 Å². The Balaban J connectivity index is 1.63. The molecule has 0 fully saturated rings. The molecule has 6 nitrogen and oxygen atoms in total. The zero-order chi connectivity index (χ0) is 23.4. The smallest absolute Gasteiger partial charge is 0.251 e. The molecule has 170 valence electrons. The predicted molar refractivity (Wildman–Crippen MR) is 128 cm³/mol. The van der Waals surface area contributed by atoms with Crippen LogP contribution >= 0.6 is 0 Å². The van der Waals surface area contributed by atoms with Gasteiger partial charge in [-0.2, -0.15) is 0 Å². The van der Waals surface area contributed by atoms with Gasteiger partial charge < -0.3 is 21.1 Å². The van der Waals surface area contributed by atoms with Crippen LogP contribution in [0, 0.1) is 12.7 Å². The Hall–Kier alpha value is -3.87. The first kappa shape index (κ1) is 22.3. The van der Waals surface area contributed by atoms with Gasteiger partial charge in [0, 0.05) is 24.2 Å². The average Bonchev–Trinajstić information content (AvgIpc) is 2.83. The van der Waals surface area contributed by atoms with Gasteiger partial charge in [-0.1, -0.05) is 31.2 Å². The minimum Gasteiger partial charge on any atom is -0.487 e. The molecule has 1 aromatic heterocycles. The van der Waals surface area contributed by atoms with Crippen molar-refractivity contribution in [2.75, 3.05) is 18.4 Å². The Morgan fingerprint density at radius 3 is 2.76 bits per heavy atom. The van der Waals surface area contributed by atoms with E-state index in [9.17, 15) is 9.18 Å². The Morgan fingerprint density at radius 1 is 1.18 bits per heavy atom. The van der Waals surface area contributed by atoms with Gasteiger partial charge >= 0.3 is 0 Å². The summed E-state index contributed by atoms with van der Waals surface area (Å²) in [6.07, 6.45) is 2.04. The molecule has 0 spiro atoms. The number of ether oxygens (including phenoxy) is 1. The van der Waals surface area contributed by atoms with Gasteiger partial charge in [-0.3, -0.25) is 9.78 Å². The summed E-state index contributed by atoms with van der Waals surface area (Å²) in [5.41, 5.74) is 12.9. The van der Waals surface area contributed by atoms with E-state index < -0.39 is 0 Å². The first-order chi connectivity index (χ1) is 16.0. The number of pyridine rings is 1. The van der Waals surface area contributed by atoms with Crippen molar-refractivity contribution in [2.45, 2.75) is 26.9 Å². The van der Waals surface area contributed by atoms with E-state index in [0.717, 1.165) is 34.4 Å². The number of aryl methyl sites for hydroxylation is 1. The molecule has 33 heavy (non-hydrogen) atoms. The number of nitrogens with one attached hydrogen (secondary N) is 2. The molecule has 0 bridgehead atoms. The van der Waals surface area contributed by atoms with Gasteiger partial charge in [0.2, 0.25) is 0 Å². The molecule has 7 heteroatoms. The summed E-state index contributed by atoms with van der Waals surface area (Å²) in [5.74, 6) is 0.161. The van der Waals surface area contributed by atoms with Gasteiger partial charge in [0.15, 0.2) is 0 Å². The maximum atomic E-state index is 13.1. The fourth-order valence-electron chi connectivity index (χ4n) is 3.80. The van der Waals surface area contributed by atoms with Crippen molar-refractivity contribution in [1.82, 2.24) is 10.3 Å². The third-order valence-electron chi connectivity index (χ3n) is 5.61. The molecule has 0 aliphatic carbocycles. The molecule has 4 N–H and O–H groups in total. The van der Waals surface area contributed by atoms with E-state index in [-0.39, 0.29) is 18.3 Å². The van der Waals surface area contributed by atoms with Crippen LogP contribution in [0.5, 0.6) is 5.75 Å².